The van der Waals surface area contributed by atoms with Gasteiger partial charge >= 0.3 is 0 Å². The van der Waals surface area contributed by atoms with Crippen LogP contribution in [0.5, 0.6) is 0 Å². The van der Waals surface area contributed by atoms with Gasteiger partial charge in [0.25, 0.3) is 0 Å². The van der Waals surface area contributed by atoms with Crippen molar-refractivity contribution < 1.29 is 0 Å². The Morgan fingerprint density at radius 1 is 1.41 bits per heavy atom. The summed E-state index contributed by atoms with van der Waals surface area (Å²) in [6.45, 7) is 2.89. The van der Waals surface area contributed by atoms with Gasteiger partial charge in [0.2, 0.25) is 0 Å². The van der Waals surface area contributed by atoms with Gasteiger partial charge in [0.05, 0.1) is 5.52 Å². The first kappa shape index (κ1) is 10.6. The molecule has 90 valence electrons. The van der Waals surface area contributed by atoms with Gasteiger partial charge in [-0.05, 0) is 31.0 Å². The van der Waals surface area contributed by atoms with Gasteiger partial charge in [-0.25, -0.2) is 0 Å². The second-order valence-corrected chi connectivity index (χ2v) is 4.80. The molecule has 0 amide bonds. The second kappa shape index (κ2) is 4.04. The molecule has 2 aromatic rings. The standard InChI is InChI=1S/C13H18N4/c1-16-12-5-3-2-4-11(12)13(15-16)17-7-6-10(8-14)9-17/h2-5,10H,6-9,14H2,1H3. The predicted molar refractivity (Wildman–Crippen MR) is 70.1 cm³/mol. The van der Waals surface area contributed by atoms with E-state index >= 15 is 0 Å². The van der Waals surface area contributed by atoms with Gasteiger partial charge in [0.1, 0.15) is 0 Å². The quantitative estimate of drug-likeness (QED) is 0.847. The molecule has 1 aromatic carbocycles. The lowest BCUT2D eigenvalue weighted by Crippen LogP contribution is -2.23. The van der Waals surface area contributed by atoms with Crippen molar-refractivity contribution in [3.63, 3.8) is 0 Å². The zero-order valence-electron chi connectivity index (χ0n) is 10.1. The zero-order chi connectivity index (χ0) is 11.8. The van der Waals surface area contributed by atoms with Gasteiger partial charge in [0.15, 0.2) is 5.82 Å². The van der Waals surface area contributed by atoms with E-state index in [0.717, 1.165) is 25.5 Å². The number of nitrogens with zero attached hydrogens (tertiary/aromatic N) is 3. The molecule has 1 unspecified atom stereocenters. The van der Waals surface area contributed by atoms with Crippen molar-refractivity contribution in [2.75, 3.05) is 24.5 Å². The Labute approximate surface area is 101 Å². The van der Waals surface area contributed by atoms with E-state index in [2.05, 4.69) is 34.3 Å². The number of hydrogen-bond acceptors (Lipinski definition) is 3. The molecule has 4 nitrogen and oxygen atoms in total. The third kappa shape index (κ3) is 1.69. The largest absolute Gasteiger partial charge is 0.354 e. The highest BCUT2D eigenvalue weighted by Gasteiger charge is 2.24. The zero-order valence-corrected chi connectivity index (χ0v) is 10.1. The molecule has 3 rings (SSSR count). The van der Waals surface area contributed by atoms with Gasteiger partial charge in [-0.15, -0.1) is 0 Å². The van der Waals surface area contributed by atoms with Gasteiger partial charge in [-0.3, -0.25) is 4.68 Å². The molecule has 1 fully saturated rings. The second-order valence-electron chi connectivity index (χ2n) is 4.80. The molecule has 2 heterocycles. The van der Waals surface area contributed by atoms with Crippen LogP contribution in [0, 0.1) is 5.92 Å². The van der Waals surface area contributed by atoms with E-state index in [1.54, 1.807) is 0 Å². The Balaban J connectivity index is 2.01. The van der Waals surface area contributed by atoms with Crippen LogP contribution in [0.3, 0.4) is 0 Å². The topological polar surface area (TPSA) is 47.1 Å². The molecule has 0 bridgehead atoms. The Hall–Kier alpha value is -1.55. The molecular weight excluding hydrogens is 212 g/mol. The van der Waals surface area contributed by atoms with E-state index < -0.39 is 0 Å². The number of benzene rings is 1. The lowest BCUT2D eigenvalue weighted by atomic mass is 10.1. The summed E-state index contributed by atoms with van der Waals surface area (Å²) >= 11 is 0. The Morgan fingerprint density at radius 2 is 2.24 bits per heavy atom. The lowest BCUT2D eigenvalue weighted by molar-refractivity contribution is 0.602. The first-order valence-corrected chi connectivity index (χ1v) is 6.16. The highest BCUT2D eigenvalue weighted by Crippen LogP contribution is 2.29. The number of fused-ring (bicyclic) bond motifs is 1. The minimum atomic E-state index is 0.621. The van der Waals surface area contributed by atoms with Crippen molar-refractivity contribution in [1.29, 1.82) is 0 Å². The summed E-state index contributed by atoms with van der Waals surface area (Å²) in [5.74, 6) is 1.73. The average molecular weight is 230 g/mol. The third-order valence-corrected chi connectivity index (χ3v) is 3.66. The van der Waals surface area contributed by atoms with E-state index in [1.165, 1.54) is 17.3 Å². The number of anilines is 1. The summed E-state index contributed by atoms with van der Waals surface area (Å²) in [6, 6.07) is 8.39. The minimum absolute atomic E-state index is 0.621. The Kier molecular flexibility index (Phi) is 2.52. The molecule has 17 heavy (non-hydrogen) atoms. The number of hydrogen-bond donors (Lipinski definition) is 1. The summed E-state index contributed by atoms with van der Waals surface area (Å²) in [7, 11) is 2.00. The number of rotatable bonds is 2. The SMILES string of the molecule is Cn1nc(N2CCC(CN)C2)c2ccccc21. The van der Waals surface area contributed by atoms with Gasteiger partial charge in [-0.1, -0.05) is 12.1 Å². The summed E-state index contributed by atoms with van der Waals surface area (Å²) in [5, 5.41) is 5.89. The van der Waals surface area contributed by atoms with Crippen LogP contribution >= 0.6 is 0 Å². The molecule has 0 spiro atoms. The van der Waals surface area contributed by atoms with E-state index in [0.29, 0.717) is 5.92 Å². The number of aryl methyl sites for hydroxylation is 1. The summed E-state index contributed by atoms with van der Waals surface area (Å²) in [4.78, 5) is 2.36. The Bertz CT molecular complexity index is 531. The molecule has 0 radical (unpaired) electrons. The molecule has 1 aliphatic rings. The molecule has 1 atom stereocenters. The van der Waals surface area contributed by atoms with E-state index in [9.17, 15) is 0 Å². The molecule has 2 N–H and O–H groups in total. The maximum atomic E-state index is 5.74. The molecule has 4 heteroatoms. The lowest BCUT2D eigenvalue weighted by Gasteiger charge is -2.15. The molecule has 1 aliphatic heterocycles. The van der Waals surface area contributed by atoms with Crippen LogP contribution < -0.4 is 10.6 Å². The minimum Gasteiger partial charge on any atom is -0.354 e. The fourth-order valence-corrected chi connectivity index (χ4v) is 2.65. The fourth-order valence-electron chi connectivity index (χ4n) is 2.65. The summed E-state index contributed by atoms with van der Waals surface area (Å²) < 4.78 is 1.96. The fraction of sp³-hybridized carbons (Fsp3) is 0.462. The van der Waals surface area contributed by atoms with Crippen molar-refractivity contribution >= 4 is 16.7 Å². The molecule has 0 aliphatic carbocycles. The van der Waals surface area contributed by atoms with Crippen molar-refractivity contribution in [1.82, 2.24) is 9.78 Å². The highest BCUT2D eigenvalue weighted by molar-refractivity contribution is 5.90. The molecule has 0 saturated carbocycles. The van der Waals surface area contributed by atoms with Crippen LogP contribution in [0.15, 0.2) is 24.3 Å². The van der Waals surface area contributed by atoms with Crippen molar-refractivity contribution in [2.45, 2.75) is 6.42 Å². The number of para-hydroxylation sites is 1. The van der Waals surface area contributed by atoms with Gasteiger partial charge < -0.3 is 10.6 Å². The van der Waals surface area contributed by atoms with Crippen molar-refractivity contribution in [3.05, 3.63) is 24.3 Å². The van der Waals surface area contributed by atoms with Gasteiger partial charge in [-0.2, -0.15) is 5.10 Å². The van der Waals surface area contributed by atoms with Crippen molar-refractivity contribution in [2.24, 2.45) is 18.7 Å². The number of nitrogens with two attached hydrogens (primary N) is 1. The van der Waals surface area contributed by atoms with E-state index in [1.807, 2.05) is 11.7 Å². The highest BCUT2D eigenvalue weighted by atomic mass is 15.3. The predicted octanol–water partition coefficient (Wildman–Crippen LogP) is 1.36. The van der Waals surface area contributed by atoms with Crippen LogP contribution in [-0.4, -0.2) is 29.4 Å². The molecular formula is C13H18N4. The summed E-state index contributed by atoms with van der Waals surface area (Å²) in [5.41, 5.74) is 6.93. The van der Waals surface area contributed by atoms with Crippen molar-refractivity contribution in [3.8, 4) is 0 Å². The van der Waals surface area contributed by atoms with Crippen LogP contribution in [0.1, 0.15) is 6.42 Å². The third-order valence-electron chi connectivity index (χ3n) is 3.66. The first-order chi connectivity index (χ1) is 8.29. The molecule has 1 aromatic heterocycles. The van der Waals surface area contributed by atoms with Crippen LogP contribution in [0.2, 0.25) is 0 Å². The Morgan fingerprint density at radius 3 is 3.00 bits per heavy atom. The normalized spacial score (nSPS) is 20.4. The maximum absolute atomic E-state index is 5.74. The average Bonchev–Trinajstić information content (AvgIpc) is 2.95. The van der Waals surface area contributed by atoms with Crippen LogP contribution in [0.4, 0.5) is 5.82 Å². The van der Waals surface area contributed by atoms with Crippen LogP contribution in [-0.2, 0) is 7.05 Å². The molecule has 1 saturated heterocycles. The monoisotopic (exact) mass is 230 g/mol. The smallest absolute Gasteiger partial charge is 0.158 e. The summed E-state index contributed by atoms with van der Waals surface area (Å²) in [6.07, 6.45) is 1.18. The van der Waals surface area contributed by atoms with Gasteiger partial charge in [0, 0.05) is 25.5 Å². The number of aromatic nitrogens is 2. The van der Waals surface area contributed by atoms with E-state index in [-0.39, 0.29) is 0 Å². The first-order valence-electron chi connectivity index (χ1n) is 6.16. The van der Waals surface area contributed by atoms with Crippen LogP contribution in [0.25, 0.3) is 10.9 Å². The maximum Gasteiger partial charge on any atom is 0.158 e. The van der Waals surface area contributed by atoms with E-state index in [4.69, 9.17) is 5.73 Å².